The summed E-state index contributed by atoms with van der Waals surface area (Å²) in [7, 11) is 1.81. The first-order valence-corrected chi connectivity index (χ1v) is 8.14. The largest absolute Gasteiger partial charge is 0.378 e. The van der Waals surface area contributed by atoms with Crippen molar-refractivity contribution in [1.29, 1.82) is 0 Å². The minimum Gasteiger partial charge on any atom is -0.378 e. The molecule has 0 bridgehead atoms. The van der Waals surface area contributed by atoms with E-state index in [-0.39, 0.29) is 17.1 Å². The molecule has 0 aromatic carbocycles. The molecule has 1 atom stereocenters. The molecule has 2 aliphatic rings. The summed E-state index contributed by atoms with van der Waals surface area (Å²) < 4.78 is 11.9. The normalized spacial score (nSPS) is 27.0. The van der Waals surface area contributed by atoms with Gasteiger partial charge in [0.1, 0.15) is 11.4 Å². The van der Waals surface area contributed by atoms with Gasteiger partial charge in [-0.2, -0.15) is 0 Å². The predicted molar refractivity (Wildman–Crippen MR) is 87.6 cm³/mol. The van der Waals surface area contributed by atoms with E-state index in [1.807, 2.05) is 30.9 Å². The Morgan fingerprint density at radius 1 is 1.35 bits per heavy atom. The predicted octanol–water partition coefficient (Wildman–Crippen LogP) is 1.92. The van der Waals surface area contributed by atoms with Crippen LogP contribution in [0.4, 0.5) is 5.82 Å². The minimum atomic E-state index is -0.382. The maximum Gasteiger partial charge on any atom is 0.255 e. The van der Waals surface area contributed by atoms with Crippen molar-refractivity contribution in [3.05, 3.63) is 23.9 Å². The number of anilines is 1. The van der Waals surface area contributed by atoms with Gasteiger partial charge in [0, 0.05) is 26.4 Å². The first-order chi connectivity index (χ1) is 10.9. The smallest absolute Gasteiger partial charge is 0.255 e. The van der Waals surface area contributed by atoms with Crippen LogP contribution in [-0.2, 0) is 9.47 Å². The molecule has 23 heavy (non-hydrogen) atoms. The number of nitrogens with zero attached hydrogens (tertiary/aromatic N) is 2. The Morgan fingerprint density at radius 3 is 2.78 bits per heavy atom. The first kappa shape index (κ1) is 16.2. The highest BCUT2D eigenvalue weighted by atomic mass is 16.6. The summed E-state index contributed by atoms with van der Waals surface area (Å²) in [6.07, 6.45) is 3.52. The number of nitrogens with one attached hydrogen (secondary N) is 1. The van der Waals surface area contributed by atoms with E-state index in [9.17, 15) is 4.79 Å². The second-order valence-corrected chi connectivity index (χ2v) is 7.04. The second-order valence-electron chi connectivity index (χ2n) is 7.04. The number of carbonyl (C=O) groups is 1. The summed E-state index contributed by atoms with van der Waals surface area (Å²) in [4.78, 5) is 19.0. The highest BCUT2D eigenvalue weighted by molar-refractivity contribution is 5.94. The monoisotopic (exact) mass is 319 g/mol. The number of carbonyl (C=O) groups excluding carboxylic acids is 1. The molecule has 3 rings (SSSR count). The second kappa shape index (κ2) is 6.09. The van der Waals surface area contributed by atoms with E-state index in [1.54, 1.807) is 13.2 Å². The van der Waals surface area contributed by atoms with Crippen LogP contribution in [0.1, 0.15) is 37.0 Å². The van der Waals surface area contributed by atoms with E-state index in [1.165, 1.54) is 0 Å². The van der Waals surface area contributed by atoms with Gasteiger partial charge < -0.3 is 19.7 Å². The molecular formula is C17H25N3O3. The SMILES string of the molecule is CNc1ccc(C(=O)N2CC(C)(C)OC3(CCCOC3)C2)cn1. The Hall–Kier alpha value is -1.66. The van der Waals surface area contributed by atoms with Gasteiger partial charge in [0.05, 0.1) is 24.3 Å². The molecule has 1 spiro atoms. The first-order valence-electron chi connectivity index (χ1n) is 8.14. The molecule has 6 heteroatoms. The van der Waals surface area contributed by atoms with E-state index >= 15 is 0 Å². The number of rotatable bonds is 2. The molecule has 1 unspecified atom stereocenters. The summed E-state index contributed by atoms with van der Waals surface area (Å²) in [5.41, 5.74) is -0.158. The van der Waals surface area contributed by atoms with E-state index in [0.29, 0.717) is 25.3 Å². The summed E-state index contributed by atoms with van der Waals surface area (Å²) in [6, 6.07) is 3.63. The molecular weight excluding hydrogens is 294 g/mol. The number of ether oxygens (including phenoxy) is 2. The quantitative estimate of drug-likeness (QED) is 0.902. The Bertz CT molecular complexity index is 565. The van der Waals surface area contributed by atoms with Gasteiger partial charge in [0.25, 0.3) is 5.91 Å². The third kappa shape index (κ3) is 3.48. The highest BCUT2D eigenvalue weighted by Crippen LogP contribution is 2.35. The molecule has 1 aromatic heterocycles. The molecule has 2 saturated heterocycles. The fraction of sp³-hybridized carbons (Fsp3) is 0.647. The van der Waals surface area contributed by atoms with E-state index < -0.39 is 0 Å². The number of hydrogen-bond donors (Lipinski definition) is 1. The molecule has 3 heterocycles. The lowest BCUT2D eigenvalue weighted by Crippen LogP contribution is -2.63. The molecule has 1 N–H and O–H groups in total. The Kier molecular flexibility index (Phi) is 4.29. The van der Waals surface area contributed by atoms with Gasteiger partial charge in [-0.25, -0.2) is 4.98 Å². The lowest BCUT2D eigenvalue weighted by atomic mass is 9.90. The average Bonchev–Trinajstić information content (AvgIpc) is 2.53. The van der Waals surface area contributed by atoms with E-state index in [2.05, 4.69) is 10.3 Å². The molecule has 1 amide bonds. The maximum absolute atomic E-state index is 12.9. The van der Waals surface area contributed by atoms with Crippen molar-refractivity contribution in [3.63, 3.8) is 0 Å². The molecule has 126 valence electrons. The van der Waals surface area contributed by atoms with Crippen LogP contribution in [0.2, 0.25) is 0 Å². The summed E-state index contributed by atoms with van der Waals surface area (Å²) in [5, 5.41) is 2.96. The number of aromatic nitrogens is 1. The lowest BCUT2D eigenvalue weighted by Gasteiger charge is -2.51. The fourth-order valence-electron chi connectivity index (χ4n) is 3.54. The van der Waals surface area contributed by atoms with Crippen LogP contribution in [-0.4, -0.2) is 60.3 Å². The zero-order valence-electron chi connectivity index (χ0n) is 14.1. The van der Waals surface area contributed by atoms with Crippen molar-refractivity contribution in [1.82, 2.24) is 9.88 Å². The summed E-state index contributed by atoms with van der Waals surface area (Å²) in [6.45, 7) is 6.53. The van der Waals surface area contributed by atoms with Gasteiger partial charge >= 0.3 is 0 Å². The third-order valence-corrected chi connectivity index (χ3v) is 4.38. The standard InChI is InChI=1S/C17H25N3O3/c1-16(2)10-20(11-17(23-16)7-4-8-22-12-17)15(21)13-5-6-14(18-3)19-9-13/h5-6,9H,4,7-8,10-12H2,1-3H3,(H,18,19). The van der Waals surface area contributed by atoms with Crippen LogP contribution >= 0.6 is 0 Å². The highest BCUT2D eigenvalue weighted by Gasteiger charge is 2.46. The topological polar surface area (TPSA) is 63.7 Å². The number of hydrogen-bond acceptors (Lipinski definition) is 5. The fourth-order valence-corrected chi connectivity index (χ4v) is 3.54. The van der Waals surface area contributed by atoms with Crippen LogP contribution in [0.25, 0.3) is 0 Å². The van der Waals surface area contributed by atoms with Crippen molar-refractivity contribution < 1.29 is 14.3 Å². The number of amides is 1. The Balaban J connectivity index is 1.80. The molecule has 2 aliphatic heterocycles. The lowest BCUT2D eigenvalue weighted by molar-refractivity contribution is -0.225. The van der Waals surface area contributed by atoms with Gasteiger partial charge in [0.15, 0.2) is 0 Å². The Labute approximate surface area is 137 Å². The molecule has 0 saturated carbocycles. The van der Waals surface area contributed by atoms with Gasteiger partial charge in [-0.05, 0) is 38.8 Å². The summed E-state index contributed by atoms with van der Waals surface area (Å²) in [5.74, 6) is 0.752. The minimum absolute atomic E-state index is 0.00137. The van der Waals surface area contributed by atoms with Gasteiger partial charge in [-0.1, -0.05) is 0 Å². The molecule has 6 nitrogen and oxygen atoms in total. The molecule has 0 radical (unpaired) electrons. The zero-order valence-corrected chi connectivity index (χ0v) is 14.1. The van der Waals surface area contributed by atoms with Crippen molar-refractivity contribution in [2.45, 2.75) is 37.9 Å². The third-order valence-electron chi connectivity index (χ3n) is 4.38. The van der Waals surface area contributed by atoms with Crippen molar-refractivity contribution in [3.8, 4) is 0 Å². The van der Waals surface area contributed by atoms with E-state index in [0.717, 1.165) is 25.3 Å². The van der Waals surface area contributed by atoms with Crippen LogP contribution in [0, 0.1) is 0 Å². The maximum atomic E-state index is 12.9. The molecule has 0 aliphatic carbocycles. The van der Waals surface area contributed by atoms with Crippen molar-refractivity contribution in [2.24, 2.45) is 0 Å². The van der Waals surface area contributed by atoms with Crippen molar-refractivity contribution in [2.75, 3.05) is 38.7 Å². The number of morpholine rings is 1. The summed E-state index contributed by atoms with van der Waals surface area (Å²) >= 11 is 0. The number of pyridine rings is 1. The van der Waals surface area contributed by atoms with E-state index in [4.69, 9.17) is 9.47 Å². The van der Waals surface area contributed by atoms with Crippen molar-refractivity contribution >= 4 is 11.7 Å². The van der Waals surface area contributed by atoms with Gasteiger partial charge in [0.2, 0.25) is 0 Å². The van der Waals surface area contributed by atoms with Crippen LogP contribution in [0.5, 0.6) is 0 Å². The molecule has 1 aromatic rings. The van der Waals surface area contributed by atoms with Crippen LogP contribution in [0.15, 0.2) is 18.3 Å². The molecule has 2 fully saturated rings. The van der Waals surface area contributed by atoms with Crippen LogP contribution < -0.4 is 5.32 Å². The Morgan fingerprint density at radius 2 is 2.17 bits per heavy atom. The van der Waals surface area contributed by atoms with Gasteiger partial charge in [-0.3, -0.25) is 4.79 Å². The van der Waals surface area contributed by atoms with Gasteiger partial charge in [-0.15, -0.1) is 0 Å². The zero-order chi connectivity index (χ0) is 16.5. The average molecular weight is 319 g/mol. The van der Waals surface area contributed by atoms with Crippen LogP contribution in [0.3, 0.4) is 0 Å².